The molecule has 7 heteroatoms. The number of nitrogens with zero attached hydrogens (tertiary/aromatic N) is 3. The van der Waals surface area contributed by atoms with Gasteiger partial charge in [0.1, 0.15) is 17.9 Å². The lowest BCUT2D eigenvalue weighted by atomic mass is 9.84. The van der Waals surface area contributed by atoms with Gasteiger partial charge in [0.2, 0.25) is 5.91 Å². The maximum Gasteiger partial charge on any atom is 0.309 e. The van der Waals surface area contributed by atoms with Crippen molar-refractivity contribution in [3.63, 3.8) is 0 Å². The Morgan fingerprint density at radius 1 is 1.43 bits per heavy atom. The zero-order chi connectivity index (χ0) is 16.7. The SMILES string of the molecule is Cc1c([N+](=O)[O-])cnn1C(C)C(=O)NC(C)C1CC2CCC1C2. The van der Waals surface area contributed by atoms with Crippen LogP contribution < -0.4 is 5.32 Å². The van der Waals surface area contributed by atoms with Gasteiger partial charge in [-0.25, -0.2) is 0 Å². The van der Waals surface area contributed by atoms with Crippen LogP contribution in [-0.2, 0) is 4.79 Å². The molecule has 1 aromatic heterocycles. The molecule has 1 aromatic rings. The molecule has 7 nitrogen and oxygen atoms in total. The van der Waals surface area contributed by atoms with E-state index in [1.807, 2.05) is 0 Å². The molecule has 2 aliphatic carbocycles. The predicted molar refractivity (Wildman–Crippen MR) is 84.9 cm³/mol. The van der Waals surface area contributed by atoms with Gasteiger partial charge < -0.3 is 5.32 Å². The highest BCUT2D eigenvalue weighted by atomic mass is 16.6. The summed E-state index contributed by atoms with van der Waals surface area (Å²) in [4.78, 5) is 22.9. The molecular formula is C16H24N4O3. The Balaban J connectivity index is 1.64. The molecule has 1 N–H and O–H groups in total. The summed E-state index contributed by atoms with van der Waals surface area (Å²) >= 11 is 0. The molecule has 3 rings (SSSR count). The first-order valence-electron chi connectivity index (χ1n) is 8.37. The smallest absolute Gasteiger partial charge is 0.309 e. The van der Waals surface area contributed by atoms with Gasteiger partial charge in [-0.1, -0.05) is 6.42 Å². The lowest BCUT2D eigenvalue weighted by molar-refractivity contribution is -0.385. The van der Waals surface area contributed by atoms with Crippen molar-refractivity contribution in [2.24, 2.45) is 17.8 Å². The van der Waals surface area contributed by atoms with Crippen molar-refractivity contribution in [2.75, 3.05) is 0 Å². The summed E-state index contributed by atoms with van der Waals surface area (Å²) in [6.45, 7) is 5.43. The van der Waals surface area contributed by atoms with E-state index >= 15 is 0 Å². The van der Waals surface area contributed by atoms with E-state index in [0.29, 0.717) is 11.6 Å². The van der Waals surface area contributed by atoms with Crippen molar-refractivity contribution in [3.8, 4) is 0 Å². The molecule has 1 amide bonds. The van der Waals surface area contributed by atoms with E-state index in [9.17, 15) is 14.9 Å². The fourth-order valence-corrected chi connectivity index (χ4v) is 4.45. The zero-order valence-corrected chi connectivity index (χ0v) is 13.9. The summed E-state index contributed by atoms with van der Waals surface area (Å²) in [5, 5.41) is 18.0. The van der Waals surface area contributed by atoms with Gasteiger partial charge in [0.05, 0.1) is 4.92 Å². The van der Waals surface area contributed by atoms with E-state index < -0.39 is 11.0 Å². The van der Waals surface area contributed by atoms with E-state index in [0.717, 1.165) is 11.8 Å². The Bertz CT molecular complexity index is 627. The second kappa shape index (κ2) is 5.94. The molecule has 0 radical (unpaired) electrons. The number of aromatic nitrogens is 2. The minimum absolute atomic E-state index is 0.0502. The van der Waals surface area contributed by atoms with E-state index in [-0.39, 0.29) is 17.6 Å². The molecule has 5 unspecified atom stereocenters. The quantitative estimate of drug-likeness (QED) is 0.667. The number of fused-ring (bicyclic) bond motifs is 2. The van der Waals surface area contributed by atoms with Gasteiger partial charge in [-0.15, -0.1) is 0 Å². The molecule has 0 saturated heterocycles. The van der Waals surface area contributed by atoms with Crippen LogP contribution in [0.3, 0.4) is 0 Å². The number of nitrogens with one attached hydrogen (secondary N) is 1. The standard InChI is InChI=1S/C16H24N4O3/c1-9(14-7-12-4-5-13(14)6-12)18-16(21)11(3)19-10(2)15(8-17-19)20(22)23/h8-9,11-14H,4-7H2,1-3H3,(H,18,21). The van der Waals surface area contributed by atoms with Crippen molar-refractivity contribution in [3.05, 3.63) is 22.0 Å². The summed E-state index contributed by atoms with van der Waals surface area (Å²) in [6.07, 6.45) is 6.36. The zero-order valence-electron chi connectivity index (χ0n) is 13.9. The molecule has 2 aliphatic rings. The van der Waals surface area contributed by atoms with Crippen molar-refractivity contribution >= 4 is 11.6 Å². The topological polar surface area (TPSA) is 90.1 Å². The summed E-state index contributed by atoms with van der Waals surface area (Å²) in [5.41, 5.74) is 0.357. The van der Waals surface area contributed by atoms with Crippen LogP contribution in [0, 0.1) is 34.8 Å². The minimum Gasteiger partial charge on any atom is -0.352 e. The van der Waals surface area contributed by atoms with Crippen LogP contribution in [0.4, 0.5) is 5.69 Å². The number of carbonyl (C=O) groups excluding carboxylic acids is 1. The third-order valence-corrected chi connectivity index (χ3v) is 5.77. The highest BCUT2D eigenvalue weighted by Gasteiger charge is 2.42. The second-order valence-corrected chi connectivity index (χ2v) is 7.13. The Hall–Kier alpha value is -1.92. The molecule has 5 atom stereocenters. The number of carbonyl (C=O) groups is 1. The van der Waals surface area contributed by atoms with Crippen molar-refractivity contribution < 1.29 is 9.72 Å². The number of rotatable bonds is 5. The van der Waals surface area contributed by atoms with Crippen molar-refractivity contribution in [2.45, 2.75) is 58.5 Å². The van der Waals surface area contributed by atoms with E-state index in [1.165, 1.54) is 36.6 Å². The molecular weight excluding hydrogens is 296 g/mol. The monoisotopic (exact) mass is 320 g/mol. The first-order chi connectivity index (χ1) is 10.9. The molecule has 2 saturated carbocycles. The van der Waals surface area contributed by atoms with Gasteiger partial charge in [-0.3, -0.25) is 19.6 Å². The highest BCUT2D eigenvalue weighted by molar-refractivity contribution is 5.80. The lowest BCUT2D eigenvalue weighted by Crippen LogP contribution is -2.43. The summed E-state index contributed by atoms with van der Waals surface area (Å²) in [5.74, 6) is 2.04. The van der Waals surface area contributed by atoms with Crippen LogP contribution in [0.15, 0.2) is 6.20 Å². The predicted octanol–water partition coefficient (Wildman–Crippen LogP) is 2.60. The molecule has 0 spiro atoms. The Morgan fingerprint density at radius 3 is 2.70 bits per heavy atom. The van der Waals surface area contributed by atoms with Crippen molar-refractivity contribution in [1.29, 1.82) is 0 Å². The largest absolute Gasteiger partial charge is 0.352 e. The van der Waals surface area contributed by atoms with Gasteiger partial charge >= 0.3 is 5.69 Å². The van der Waals surface area contributed by atoms with Crippen LogP contribution in [0.25, 0.3) is 0 Å². The maximum absolute atomic E-state index is 12.5. The fourth-order valence-electron chi connectivity index (χ4n) is 4.45. The number of hydrogen-bond acceptors (Lipinski definition) is 4. The molecule has 126 valence electrons. The average molecular weight is 320 g/mol. The molecule has 23 heavy (non-hydrogen) atoms. The van der Waals surface area contributed by atoms with Gasteiger partial charge in [-0.2, -0.15) is 5.10 Å². The average Bonchev–Trinajstić information content (AvgIpc) is 3.20. The number of amides is 1. The fraction of sp³-hybridized carbons (Fsp3) is 0.750. The van der Waals surface area contributed by atoms with Gasteiger partial charge in [0.25, 0.3) is 0 Å². The van der Waals surface area contributed by atoms with Crippen LogP contribution >= 0.6 is 0 Å². The van der Waals surface area contributed by atoms with Gasteiger partial charge in [0, 0.05) is 6.04 Å². The third-order valence-electron chi connectivity index (χ3n) is 5.77. The normalized spacial score (nSPS) is 28.6. The Morgan fingerprint density at radius 2 is 2.17 bits per heavy atom. The van der Waals surface area contributed by atoms with E-state index in [4.69, 9.17) is 0 Å². The summed E-state index contributed by atoms with van der Waals surface area (Å²) in [7, 11) is 0. The highest BCUT2D eigenvalue weighted by Crippen LogP contribution is 2.49. The van der Waals surface area contributed by atoms with Crippen LogP contribution in [0.1, 0.15) is 51.3 Å². The number of nitro groups is 1. The van der Waals surface area contributed by atoms with Crippen LogP contribution in [0.5, 0.6) is 0 Å². The van der Waals surface area contributed by atoms with Crippen LogP contribution in [-0.4, -0.2) is 26.7 Å². The molecule has 0 aliphatic heterocycles. The first kappa shape index (κ1) is 16.0. The Kier molecular flexibility index (Phi) is 4.12. The summed E-state index contributed by atoms with van der Waals surface area (Å²) < 4.78 is 1.43. The molecule has 2 fully saturated rings. The third kappa shape index (κ3) is 2.84. The Labute approximate surface area is 135 Å². The molecule has 1 heterocycles. The number of hydrogen-bond donors (Lipinski definition) is 1. The van der Waals surface area contributed by atoms with Gasteiger partial charge in [-0.05, 0) is 57.8 Å². The van der Waals surface area contributed by atoms with E-state index in [2.05, 4.69) is 17.3 Å². The summed E-state index contributed by atoms with van der Waals surface area (Å²) in [6, 6.07) is -0.407. The molecule has 2 bridgehead atoms. The second-order valence-electron chi connectivity index (χ2n) is 7.13. The lowest BCUT2D eigenvalue weighted by Gasteiger charge is -2.29. The first-order valence-corrected chi connectivity index (χ1v) is 8.37. The molecule has 0 aromatic carbocycles. The van der Waals surface area contributed by atoms with E-state index in [1.54, 1.807) is 13.8 Å². The minimum atomic E-state index is -0.551. The van der Waals surface area contributed by atoms with Gasteiger partial charge in [0.15, 0.2) is 0 Å². The van der Waals surface area contributed by atoms with Crippen molar-refractivity contribution in [1.82, 2.24) is 15.1 Å². The van der Waals surface area contributed by atoms with Crippen LogP contribution in [0.2, 0.25) is 0 Å². The maximum atomic E-state index is 12.5.